The van der Waals surface area contributed by atoms with Gasteiger partial charge in [0.25, 0.3) is 0 Å². The molecule has 1 N–H and O–H groups in total. The quantitative estimate of drug-likeness (QED) is 0.617. The van der Waals surface area contributed by atoms with Crippen LogP contribution in [0.5, 0.6) is 11.5 Å². The van der Waals surface area contributed by atoms with Gasteiger partial charge in [-0.3, -0.25) is 9.69 Å². The van der Waals surface area contributed by atoms with Crippen LogP contribution in [0.2, 0.25) is 0 Å². The van der Waals surface area contributed by atoms with E-state index in [1.165, 1.54) is 0 Å². The Hall–Kier alpha value is -3.06. The Morgan fingerprint density at radius 1 is 1.03 bits per heavy atom. The van der Waals surface area contributed by atoms with E-state index in [9.17, 15) is 9.59 Å². The smallest absolute Gasteiger partial charge is 0.338 e. The van der Waals surface area contributed by atoms with Crippen molar-refractivity contribution < 1.29 is 23.8 Å². The Balaban J connectivity index is 1.91. The van der Waals surface area contributed by atoms with Gasteiger partial charge in [-0.25, -0.2) is 4.79 Å². The molecule has 0 saturated carbocycles. The van der Waals surface area contributed by atoms with Gasteiger partial charge < -0.3 is 19.5 Å². The predicted octanol–water partition coefficient (Wildman–Crippen LogP) is 3.34. The van der Waals surface area contributed by atoms with Gasteiger partial charge >= 0.3 is 5.97 Å². The van der Waals surface area contributed by atoms with Crippen molar-refractivity contribution in [2.24, 2.45) is 0 Å². The molecule has 0 unspecified atom stereocenters. The minimum absolute atomic E-state index is 0.157. The third kappa shape index (κ3) is 6.50. The van der Waals surface area contributed by atoms with Crippen LogP contribution >= 0.6 is 0 Å². The van der Waals surface area contributed by atoms with Crippen molar-refractivity contribution >= 4 is 17.6 Å². The summed E-state index contributed by atoms with van der Waals surface area (Å²) in [5.41, 5.74) is 2.00. The molecule has 0 bridgehead atoms. The summed E-state index contributed by atoms with van der Waals surface area (Å²) in [6, 6.07) is 12.3. The molecule has 0 heterocycles. The summed E-state index contributed by atoms with van der Waals surface area (Å²) in [6.45, 7) is 3.05. The number of likely N-dealkylation sites (N-methyl/N-ethyl adjacent to an activating group) is 1. The highest BCUT2D eigenvalue weighted by atomic mass is 16.5. The van der Waals surface area contributed by atoms with Gasteiger partial charge in [0.15, 0.2) is 11.5 Å². The highest BCUT2D eigenvalue weighted by Crippen LogP contribution is 2.31. The number of carbonyl (C=O) groups excluding carboxylic acids is 2. The lowest BCUT2D eigenvalue weighted by Gasteiger charge is -2.19. The SMILES string of the molecule is CCCOC(=O)c1ccc(NC(=O)CN(C)Cc2cccc(OC)c2OC)cc1. The number of nitrogens with one attached hydrogen (secondary N) is 1. The Morgan fingerprint density at radius 2 is 1.76 bits per heavy atom. The second-order valence-corrected chi connectivity index (χ2v) is 6.59. The van der Waals surface area contributed by atoms with Crippen LogP contribution in [0.4, 0.5) is 5.69 Å². The molecule has 0 saturated heterocycles. The van der Waals surface area contributed by atoms with Gasteiger partial charge in [0.1, 0.15) is 0 Å². The highest BCUT2D eigenvalue weighted by Gasteiger charge is 2.14. The molecule has 0 aliphatic heterocycles. The maximum Gasteiger partial charge on any atom is 0.338 e. The molecule has 1 amide bonds. The van der Waals surface area contributed by atoms with Crippen LogP contribution < -0.4 is 14.8 Å². The van der Waals surface area contributed by atoms with E-state index in [2.05, 4.69) is 5.32 Å². The first-order valence-corrected chi connectivity index (χ1v) is 9.44. The molecule has 0 spiro atoms. The van der Waals surface area contributed by atoms with Crippen LogP contribution in [0.25, 0.3) is 0 Å². The Labute approximate surface area is 171 Å². The number of carbonyl (C=O) groups is 2. The molecule has 0 radical (unpaired) electrons. The van der Waals surface area contributed by atoms with Crippen molar-refractivity contribution in [3.63, 3.8) is 0 Å². The fraction of sp³-hybridized carbons (Fsp3) is 0.364. The van der Waals surface area contributed by atoms with E-state index in [-0.39, 0.29) is 18.4 Å². The largest absolute Gasteiger partial charge is 0.493 e. The van der Waals surface area contributed by atoms with Crippen LogP contribution in [0, 0.1) is 0 Å². The number of methoxy groups -OCH3 is 2. The van der Waals surface area contributed by atoms with Crippen molar-refractivity contribution in [3.05, 3.63) is 53.6 Å². The molecule has 29 heavy (non-hydrogen) atoms. The van der Waals surface area contributed by atoms with Crippen LogP contribution in [0.3, 0.4) is 0 Å². The molecule has 0 aromatic heterocycles. The van der Waals surface area contributed by atoms with Gasteiger partial charge in [0.05, 0.1) is 32.9 Å². The minimum atomic E-state index is -0.364. The molecule has 0 aliphatic carbocycles. The third-order valence-electron chi connectivity index (χ3n) is 4.18. The zero-order valence-corrected chi connectivity index (χ0v) is 17.4. The summed E-state index contributed by atoms with van der Waals surface area (Å²) >= 11 is 0. The number of nitrogens with zero attached hydrogens (tertiary/aromatic N) is 1. The lowest BCUT2D eigenvalue weighted by atomic mass is 10.1. The van der Waals surface area contributed by atoms with Crippen LogP contribution in [0.1, 0.15) is 29.3 Å². The number of rotatable bonds is 10. The molecule has 0 fully saturated rings. The first-order chi connectivity index (χ1) is 14.0. The van der Waals surface area contributed by atoms with E-state index >= 15 is 0 Å². The summed E-state index contributed by atoms with van der Waals surface area (Å²) in [6.07, 6.45) is 0.773. The minimum Gasteiger partial charge on any atom is -0.493 e. The molecule has 2 rings (SSSR count). The van der Waals surface area contributed by atoms with E-state index in [1.54, 1.807) is 38.5 Å². The fourth-order valence-corrected chi connectivity index (χ4v) is 2.84. The van der Waals surface area contributed by atoms with Gasteiger partial charge in [0, 0.05) is 17.8 Å². The molecule has 7 nitrogen and oxygen atoms in total. The average Bonchev–Trinajstić information content (AvgIpc) is 2.72. The zero-order chi connectivity index (χ0) is 21.2. The number of ether oxygens (including phenoxy) is 3. The van der Waals surface area contributed by atoms with Crippen LogP contribution in [-0.2, 0) is 16.1 Å². The second-order valence-electron chi connectivity index (χ2n) is 6.59. The third-order valence-corrected chi connectivity index (χ3v) is 4.18. The number of benzene rings is 2. The van der Waals surface area contributed by atoms with Gasteiger partial charge in [-0.1, -0.05) is 19.1 Å². The number of esters is 1. The predicted molar refractivity (Wildman–Crippen MR) is 112 cm³/mol. The number of anilines is 1. The summed E-state index contributed by atoms with van der Waals surface area (Å²) < 4.78 is 15.8. The number of hydrogen-bond donors (Lipinski definition) is 1. The Kier molecular flexibility index (Phi) is 8.48. The second kappa shape index (κ2) is 11.1. The molecule has 0 aliphatic rings. The van der Waals surface area contributed by atoms with Gasteiger partial charge in [0.2, 0.25) is 5.91 Å². The number of hydrogen-bond acceptors (Lipinski definition) is 6. The fourth-order valence-electron chi connectivity index (χ4n) is 2.84. The molecule has 156 valence electrons. The van der Waals surface area contributed by atoms with Gasteiger partial charge in [-0.2, -0.15) is 0 Å². The maximum absolute atomic E-state index is 12.4. The first-order valence-electron chi connectivity index (χ1n) is 9.44. The van der Waals surface area contributed by atoms with Crippen molar-refractivity contribution in [1.29, 1.82) is 0 Å². The molecule has 7 heteroatoms. The standard InChI is InChI=1S/C22H28N2O5/c1-5-13-29-22(26)16-9-11-18(12-10-16)23-20(25)15-24(2)14-17-7-6-8-19(27-3)21(17)28-4/h6-12H,5,13-15H2,1-4H3,(H,23,25). The molecule has 2 aromatic rings. The lowest BCUT2D eigenvalue weighted by Crippen LogP contribution is -2.30. The maximum atomic E-state index is 12.4. The monoisotopic (exact) mass is 400 g/mol. The van der Waals surface area contributed by atoms with Crippen molar-refractivity contribution in [2.45, 2.75) is 19.9 Å². The number of amides is 1. The summed E-state index contributed by atoms with van der Waals surface area (Å²) in [5.74, 6) is 0.792. The summed E-state index contributed by atoms with van der Waals surface area (Å²) in [4.78, 5) is 26.0. The van der Waals surface area contributed by atoms with Gasteiger partial charge in [-0.05, 0) is 43.8 Å². The summed E-state index contributed by atoms with van der Waals surface area (Å²) in [5, 5.41) is 2.83. The zero-order valence-electron chi connectivity index (χ0n) is 17.4. The van der Waals surface area contributed by atoms with E-state index in [0.717, 1.165) is 12.0 Å². The van der Waals surface area contributed by atoms with Crippen LogP contribution in [0.15, 0.2) is 42.5 Å². The Bertz CT molecular complexity index is 820. The van der Waals surface area contributed by atoms with Crippen molar-refractivity contribution in [3.8, 4) is 11.5 Å². The van der Waals surface area contributed by atoms with Crippen molar-refractivity contribution in [2.75, 3.05) is 39.7 Å². The first kappa shape index (κ1) is 22.2. The van der Waals surface area contributed by atoms with Crippen LogP contribution in [-0.4, -0.2) is 51.2 Å². The van der Waals surface area contributed by atoms with Gasteiger partial charge in [-0.15, -0.1) is 0 Å². The number of para-hydroxylation sites is 1. The topological polar surface area (TPSA) is 77.1 Å². The van der Waals surface area contributed by atoms with E-state index in [4.69, 9.17) is 14.2 Å². The Morgan fingerprint density at radius 3 is 2.38 bits per heavy atom. The summed E-state index contributed by atoms with van der Waals surface area (Å²) in [7, 11) is 5.04. The van der Waals surface area contributed by atoms with E-state index < -0.39 is 0 Å². The normalized spacial score (nSPS) is 10.5. The molecular formula is C22H28N2O5. The average molecular weight is 400 g/mol. The highest BCUT2D eigenvalue weighted by molar-refractivity contribution is 5.94. The van der Waals surface area contributed by atoms with E-state index in [0.29, 0.717) is 35.9 Å². The molecular weight excluding hydrogens is 372 g/mol. The molecule has 2 aromatic carbocycles. The lowest BCUT2D eigenvalue weighted by molar-refractivity contribution is -0.117. The van der Waals surface area contributed by atoms with E-state index in [1.807, 2.05) is 37.1 Å². The van der Waals surface area contributed by atoms with Crippen molar-refractivity contribution in [1.82, 2.24) is 4.90 Å². The molecule has 0 atom stereocenters.